The zero-order chi connectivity index (χ0) is 18.1. The molecule has 0 radical (unpaired) electrons. The highest BCUT2D eigenvalue weighted by atomic mass is 35.5. The van der Waals surface area contributed by atoms with Crippen LogP contribution in [0, 0.1) is 20.8 Å². The van der Waals surface area contributed by atoms with Crippen molar-refractivity contribution in [2.45, 2.75) is 32.6 Å². The first-order valence-corrected chi connectivity index (χ1v) is 9.48. The molecule has 0 unspecified atom stereocenters. The molecule has 2 rings (SSSR count). The van der Waals surface area contributed by atoms with Crippen LogP contribution in [0.25, 0.3) is 0 Å². The van der Waals surface area contributed by atoms with E-state index in [1.54, 1.807) is 6.07 Å². The van der Waals surface area contributed by atoms with Crippen molar-refractivity contribution >= 4 is 27.3 Å². The van der Waals surface area contributed by atoms with E-state index in [1.807, 2.05) is 39.8 Å². The van der Waals surface area contributed by atoms with Crippen molar-refractivity contribution in [2.75, 3.05) is 18.0 Å². The molecular formula is C18H22ClNO3S. The number of nitrogens with zero attached hydrogens (tertiary/aromatic N) is 1. The minimum atomic E-state index is -3.72. The Bertz CT molecular complexity index is 840. The molecule has 0 fully saturated rings. The molecule has 0 spiro atoms. The van der Waals surface area contributed by atoms with Gasteiger partial charge in [0, 0.05) is 6.54 Å². The summed E-state index contributed by atoms with van der Waals surface area (Å²) in [4.78, 5) is 0.148. The molecule has 0 aromatic heterocycles. The average Bonchev–Trinajstić information content (AvgIpc) is 2.50. The second-order valence-electron chi connectivity index (χ2n) is 5.71. The Morgan fingerprint density at radius 2 is 1.67 bits per heavy atom. The second kappa shape index (κ2) is 7.03. The Labute approximate surface area is 149 Å². The molecule has 0 atom stereocenters. The van der Waals surface area contributed by atoms with Crippen LogP contribution in [0.3, 0.4) is 0 Å². The predicted octanol–water partition coefficient (Wildman–Crippen LogP) is 4.49. The number of hydrogen-bond acceptors (Lipinski definition) is 3. The summed E-state index contributed by atoms with van der Waals surface area (Å²) in [6, 6.07) is 8.49. The highest BCUT2D eigenvalue weighted by Gasteiger charge is 2.27. The Hall–Kier alpha value is -1.72. The fourth-order valence-corrected chi connectivity index (χ4v) is 4.90. The molecule has 2 aromatic carbocycles. The normalized spacial score (nSPS) is 11.4. The third-order valence-electron chi connectivity index (χ3n) is 3.88. The highest BCUT2D eigenvalue weighted by molar-refractivity contribution is 7.92. The Kier molecular flexibility index (Phi) is 5.45. The van der Waals surface area contributed by atoms with E-state index in [0.29, 0.717) is 12.3 Å². The van der Waals surface area contributed by atoms with E-state index in [2.05, 4.69) is 0 Å². The zero-order valence-electron chi connectivity index (χ0n) is 14.6. The van der Waals surface area contributed by atoms with Crippen molar-refractivity contribution < 1.29 is 13.2 Å². The number of ether oxygens (including phenoxy) is 1. The number of methoxy groups -OCH3 is 1. The Balaban J connectivity index is 2.60. The first-order chi connectivity index (χ1) is 11.2. The molecule has 0 saturated carbocycles. The molecule has 4 nitrogen and oxygen atoms in total. The van der Waals surface area contributed by atoms with E-state index in [4.69, 9.17) is 16.3 Å². The van der Waals surface area contributed by atoms with Crippen LogP contribution in [-0.4, -0.2) is 22.1 Å². The number of sulfonamides is 1. The van der Waals surface area contributed by atoms with Gasteiger partial charge in [0.2, 0.25) is 0 Å². The average molecular weight is 368 g/mol. The summed E-state index contributed by atoms with van der Waals surface area (Å²) in [7, 11) is -2.22. The summed E-state index contributed by atoms with van der Waals surface area (Å²) in [6.45, 7) is 8.00. The number of hydrogen-bond donors (Lipinski definition) is 0. The maximum Gasteiger partial charge on any atom is 0.264 e. The molecule has 0 N–H and O–H groups in total. The molecule has 0 saturated heterocycles. The lowest BCUT2D eigenvalue weighted by Crippen LogP contribution is -2.32. The number of benzene rings is 2. The molecule has 0 bridgehead atoms. The third kappa shape index (κ3) is 3.37. The van der Waals surface area contributed by atoms with Gasteiger partial charge in [0.05, 0.1) is 22.7 Å². The molecular weight excluding hydrogens is 346 g/mol. The van der Waals surface area contributed by atoms with Gasteiger partial charge in [-0.05, 0) is 57.0 Å². The van der Waals surface area contributed by atoms with E-state index in [9.17, 15) is 8.42 Å². The minimum Gasteiger partial charge on any atom is -0.495 e. The number of halogens is 1. The third-order valence-corrected chi connectivity index (χ3v) is 6.05. The summed E-state index contributed by atoms with van der Waals surface area (Å²) in [6.07, 6.45) is 0. The lowest BCUT2D eigenvalue weighted by atomic mass is 10.1. The SMILES string of the molecule is CCN(c1c(C)cc(C)cc1C)S(=O)(=O)c1ccc(OC)c(Cl)c1. The van der Waals surface area contributed by atoms with Gasteiger partial charge in [-0.3, -0.25) is 4.31 Å². The summed E-state index contributed by atoms with van der Waals surface area (Å²) >= 11 is 6.10. The molecule has 0 aliphatic carbocycles. The molecule has 24 heavy (non-hydrogen) atoms. The van der Waals surface area contributed by atoms with E-state index < -0.39 is 10.0 Å². The van der Waals surface area contributed by atoms with Gasteiger partial charge in [-0.25, -0.2) is 8.42 Å². The molecule has 0 heterocycles. The van der Waals surface area contributed by atoms with Gasteiger partial charge in [0.15, 0.2) is 0 Å². The summed E-state index contributed by atoms with van der Waals surface area (Å²) < 4.78 is 32.8. The van der Waals surface area contributed by atoms with E-state index in [0.717, 1.165) is 22.4 Å². The zero-order valence-corrected chi connectivity index (χ0v) is 16.1. The van der Waals surface area contributed by atoms with E-state index in [1.165, 1.54) is 23.5 Å². The number of anilines is 1. The van der Waals surface area contributed by atoms with Crippen LogP contribution in [-0.2, 0) is 10.0 Å². The van der Waals surface area contributed by atoms with E-state index in [-0.39, 0.29) is 9.92 Å². The molecule has 6 heteroatoms. The van der Waals surface area contributed by atoms with Crippen molar-refractivity contribution in [3.63, 3.8) is 0 Å². The monoisotopic (exact) mass is 367 g/mol. The van der Waals surface area contributed by atoms with Gasteiger partial charge in [0.25, 0.3) is 10.0 Å². The fourth-order valence-electron chi connectivity index (χ4n) is 2.95. The summed E-state index contributed by atoms with van der Waals surface area (Å²) in [5.41, 5.74) is 3.68. The molecule has 0 amide bonds. The van der Waals surface area contributed by atoms with Crippen LogP contribution < -0.4 is 9.04 Å². The Morgan fingerprint density at radius 1 is 1.08 bits per heavy atom. The first kappa shape index (κ1) is 18.6. The van der Waals surface area contributed by atoms with Gasteiger partial charge in [0.1, 0.15) is 5.75 Å². The molecule has 130 valence electrons. The molecule has 0 aliphatic heterocycles. The van der Waals surface area contributed by atoms with Gasteiger partial charge in [-0.1, -0.05) is 29.3 Å². The van der Waals surface area contributed by atoms with Gasteiger partial charge in [-0.2, -0.15) is 0 Å². The second-order valence-corrected chi connectivity index (χ2v) is 7.98. The first-order valence-electron chi connectivity index (χ1n) is 7.66. The fraction of sp³-hybridized carbons (Fsp3) is 0.333. The summed E-state index contributed by atoms with van der Waals surface area (Å²) in [5, 5.41) is 0.270. The molecule has 2 aromatic rings. The van der Waals surface area contributed by atoms with Crippen LogP contribution in [0.2, 0.25) is 5.02 Å². The topological polar surface area (TPSA) is 46.6 Å². The van der Waals surface area contributed by atoms with Gasteiger partial charge in [-0.15, -0.1) is 0 Å². The molecule has 0 aliphatic rings. The quantitative estimate of drug-likeness (QED) is 0.782. The van der Waals surface area contributed by atoms with Gasteiger partial charge >= 0.3 is 0 Å². The smallest absolute Gasteiger partial charge is 0.264 e. The number of rotatable bonds is 5. The lowest BCUT2D eigenvalue weighted by molar-refractivity contribution is 0.414. The van der Waals surface area contributed by atoms with Crippen LogP contribution in [0.1, 0.15) is 23.6 Å². The maximum absolute atomic E-state index is 13.1. The predicted molar refractivity (Wildman–Crippen MR) is 98.9 cm³/mol. The van der Waals surface area contributed by atoms with Gasteiger partial charge < -0.3 is 4.74 Å². The number of aryl methyl sites for hydroxylation is 3. The Morgan fingerprint density at radius 3 is 2.12 bits per heavy atom. The summed E-state index contributed by atoms with van der Waals surface area (Å²) in [5.74, 6) is 0.446. The minimum absolute atomic E-state index is 0.148. The van der Waals surface area contributed by atoms with Crippen molar-refractivity contribution in [3.05, 3.63) is 52.0 Å². The largest absolute Gasteiger partial charge is 0.495 e. The van der Waals surface area contributed by atoms with Crippen molar-refractivity contribution in [2.24, 2.45) is 0 Å². The lowest BCUT2D eigenvalue weighted by Gasteiger charge is -2.27. The van der Waals surface area contributed by atoms with Crippen LogP contribution >= 0.6 is 11.6 Å². The highest BCUT2D eigenvalue weighted by Crippen LogP contribution is 2.33. The van der Waals surface area contributed by atoms with Crippen molar-refractivity contribution in [1.82, 2.24) is 0 Å². The van der Waals surface area contributed by atoms with Crippen molar-refractivity contribution in [1.29, 1.82) is 0 Å². The van der Waals surface area contributed by atoms with Crippen LogP contribution in [0.5, 0.6) is 5.75 Å². The van der Waals surface area contributed by atoms with Crippen molar-refractivity contribution in [3.8, 4) is 5.75 Å². The van der Waals surface area contributed by atoms with E-state index >= 15 is 0 Å². The standard InChI is InChI=1S/C18H22ClNO3S/c1-6-20(18-13(3)9-12(2)10-14(18)4)24(21,22)15-7-8-17(23-5)16(19)11-15/h7-11H,6H2,1-5H3. The van der Waals surface area contributed by atoms with Crippen LogP contribution in [0.4, 0.5) is 5.69 Å². The maximum atomic E-state index is 13.1. The van der Waals surface area contributed by atoms with Crippen LogP contribution in [0.15, 0.2) is 35.2 Å².